The second-order valence-electron chi connectivity index (χ2n) is 3.97. The first-order valence-electron chi connectivity index (χ1n) is 5.35. The molecule has 18 heavy (non-hydrogen) atoms. The molecule has 0 saturated carbocycles. The summed E-state index contributed by atoms with van der Waals surface area (Å²) in [4.78, 5) is 7.94. The topological polar surface area (TPSA) is 72.0 Å². The summed E-state index contributed by atoms with van der Waals surface area (Å²) in [6.45, 7) is 3.68. The maximum atomic E-state index is 12.2. The summed E-state index contributed by atoms with van der Waals surface area (Å²) >= 11 is 0. The van der Waals surface area contributed by atoms with Gasteiger partial charge in [-0.15, -0.1) is 0 Å². The van der Waals surface area contributed by atoms with E-state index in [-0.39, 0.29) is 10.7 Å². The lowest BCUT2D eigenvalue weighted by atomic mass is 10.2. The Labute approximate surface area is 106 Å². The van der Waals surface area contributed by atoms with Gasteiger partial charge in [-0.2, -0.15) is 0 Å². The molecule has 0 aliphatic carbocycles. The molecule has 2 aromatic rings. The van der Waals surface area contributed by atoms with E-state index >= 15 is 0 Å². The number of sulfonamides is 1. The zero-order chi connectivity index (χ0) is 13.2. The van der Waals surface area contributed by atoms with Gasteiger partial charge in [-0.05, 0) is 25.5 Å². The van der Waals surface area contributed by atoms with Gasteiger partial charge in [-0.25, -0.2) is 13.4 Å². The molecule has 0 unspecified atom stereocenters. The van der Waals surface area contributed by atoms with Crippen molar-refractivity contribution in [3.63, 3.8) is 0 Å². The highest BCUT2D eigenvalue weighted by molar-refractivity contribution is 7.92. The first-order chi connectivity index (χ1) is 8.49. The second-order valence-corrected chi connectivity index (χ2v) is 5.62. The standard InChI is InChI=1S/C12H13N3O2S/c1-9-3-4-11(10(2)7-9)18(16,17)15-12-8-13-5-6-14-12/h3-8H,1-2H3,(H,14,15). The van der Waals surface area contributed by atoms with Crippen molar-refractivity contribution in [1.82, 2.24) is 9.97 Å². The zero-order valence-corrected chi connectivity index (χ0v) is 10.9. The SMILES string of the molecule is Cc1ccc(S(=O)(=O)Nc2cnccn2)c(C)c1. The summed E-state index contributed by atoms with van der Waals surface area (Å²) in [5, 5.41) is 0. The van der Waals surface area contributed by atoms with E-state index in [0.717, 1.165) is 5.56 Å². The predicted octanol–water partition coefficient (Wildman–Crippen LogP) is 1.89. The van der Waals surface area contributed by atoms with Gasteiger partial charge in [-0.1, -0.05) is 17.7 Å². The van der Waals surface area contributed by atoms with Crippen LogP contribution in [0.25, 0.3) is 0 Å². The summed E-state index contributed by atoms with van der Waals surface area (Å²) in [6.07, 6.45) is 4.27. The monoisotopic (exact) mass is 263 g/mol. The van der Waals surface area contributed by atoms with Gasteiger partial charge in [0.25, 0.3) is 10.0 Å². The smallest absolute Gasteiger partial charge is 0.262 e. The number of benzene rings is 1. The highest BCUT2D eigenvalue weighted by Gasteiger charge is 2.17. The van der Waals surface area contributed by atoms with E-state index in [9.17, 15) is 8.42 Å². The third-order valence-electron chi connectivity index (χ3n) is 2.42. The average Bonchev–Trinajstić information content (AvgIpc) is 2.29. The van der Waals surface area contributed by atoms with Crippen LogP contribution in [0.2, 0.25) is 0 Å². The maximum Gasteiger partial charge on any atom is 0.263 e. The molecular weight excluding hydrogens is 250 g/mol. The fourth-order valence-corrected chi connectivity index (χ4v) is 2.87. The summed E-state index contributed by atoms with van der Waals surface area (Å²) < 4.78 is 26.7. The van der Waals surface area contributed by atoms with Crippen molar-refractivity contribution >= 4 is 15.8 Å². The number of aryl methyl sites for hydroxylation is 2. The first kappa shape index (κ1) is 12.5. The van der Waals surface area contributed by atoms with Crippen molar-refractivity contribution in [3.05, 3.63) is 47.9 Å². The van der Waals surface area contributed by atoms with E-state index in [4.69, 9.17) is 0 Å². The number of hydrogen-bond donors (Lipinski definition) is 1. The van der Waals surface area contributed by atoms with E-state index < -0.39 is 10.0 Å². The van der Waals surface area contributed by atoms with Gasteiger partial charge in [0.1, 0.15) is 0 Å². The Bertz CT molecular complexity index is 654. The minimum atomic E-state index is -3.61. The van der Waals surface area contributed by atoms with Crippen LogP contribution in [0.15, 0.2) is 41.7 Å². The Morgan fingerprint density at radius 2 is 1.94 bits per heavy atom. The molecule has 0 aliphatic rings. The highest BCUT2D eigenvalue weighted by atomic mass is 32.2. The normalized spacial score (nSPS) is 11.2. The fourth-order valence-electron chi connectivity index (χ4n) is 1.65. The molecule has 0 amide bonds. The van der Waals surface area contributed by atoms with E-state index in [0.29, 0.717) is 5.56 Å². The van der Waals surface area contributed by atoms with Gasteiger partial charge in [0.15, 0.2) is 5.82 Å². The average molecular weight is 263 g/mol. The Balaban J connectivity index is 2.37. The fraction of sp³-hybridized carbons (Fsp3) is 0.167. The summed E-state index contributed by atoms with van der Waals surface area (Å²) in [7, 11) is -3.61. The Kier molecular flexibility index (Phi) is 3.29. The second kappa shape index (κ2) is 4.73. The molecule has 5 nitrogen and oxygen atoms in total. The van der Waals surface area contributed by atoms with Crippen molar-refractivity contribution in [2.24, 2.45) is 0 Å². The molecule has 1 aromatic carbocycles. The molecule has 0 fully saturated rings. The number of anilines is 1. The van der Waals surface area contributed by atoms with Gasteiger partial charge in [0, 0.05) is 12.4 Å². The molecule has 0 radical (unpaired) electrons. The van der Waals surface area contributed by atoms with Gasteiger partial charge in [0.05, 0.1) is 11.1 Å². The third kappa shape index (κ3) is 2.65. The van der Waals surface area contributed by atoms with Crippen LogP contribution in [0.4, 0.5) is 5.82 Å². The van der Waals surface area contributed by atoms with Crippen molar-refractivity contribution < 1.29 is 8.42 Å². The summed E-state index contributed by atoms with van der Waals surface area (Å²) in [5.74, 6) is 0.206. The van der Waals surface area contributed by atoms with Gasteiger partial charge in [0.2, 0.25) is 0 Å². The van der Waals surface area contributed by atoms with Gasteiger partial charge >= 0.3 is 0 Å². The van der Waals surface area contributed by atoms with Crippen LogP contribution in [0.5, 0.6) is 0 Å². The maximum absolute atomic E-state index is 12.2. The minimum absolute atomic E-state index is 0.206. The van der Waals surface area contributed by atoms with Crippen LogP contribution in [0.3, 0.4) is 0 Å². The van der Waals surface area contributed by atoms with Crippen molar-refractivity contribution in [2.45, 2.75) is 18.7 Å². The van der Waals surface area contributed by atoms with E-state index in [1.807, 2.05) is 13.0 Å². The van der Waals surface area contributed by atoms with Crippen molar-refractivity contribution in [1.29, 1.82) is 0 Å². The molecule has 0 atom stereocenters. The highest BCUT2D eigenvalue weighted by Crippen LogP contribution is 2.18. The van der Waals surface area contributed by atoms with Crippen LogP contribution in [-0.2, 0) is 10.0 Å². The molecule has 0 aliphatic heterocycles. The number of nitrogens with one attached hydrogen (secondary N) is 1. The molecule has 0 spiro atoms. The van der Waals surface area contributed by atoms with Crippen molar-refractivity contribution in [3.8, 4) is 0 Å². The van der Waals surface area contributed by atoms with Crippen LogP contribution < -0.4 is 4.72 Å². The quantitative estimate of drug-likeness (QED) is 0.918. The van der Waals surface area contributed by atoms with Gasteiger partial charge in [-0.3, -0.25) is 9.71 Å². The molecule has 1 heterocycles. The zero-order valence-electron chi connectivity index (χ0n) is 10.1. The number of nitrogens with zero attached hydrogens (tertiary/aromatic N) is 2. The lowest BCUT2D eigenvalue weighted by molar-refractivity contribution is 0.600. The summed E-state index contributed by atoms with van der Waals surface area (Å²) in [6, 6.07) is 5.17. The van der Waals surface area contributed by atoms with E-state index in [1.165, 1.54) is 18.6 Å². The Morgan fingerprint density at radius 1 is 1.17 bits per heavy atom. The van der Waals surface area contributed by atoms with Crippen LogP contribution in [0, 0.1) is 13.8 Å². The lowest BCUT2D eigenvalue weighted by Gasteiger charge is -2.09. The molecule has 0 bridgehead atoms. The van der Waals surface area contributed by atoms with Crippen molar-refractivity contribution in [2.75, 3.05) is 4.72 Å². The first-order valence-corrected chi connectivity index (χ1v) is 6.83. The van der Waals surface area contributed by atoms with Crippen LogP contribution >= 0.6 is 0 Å². The predicted molar refractivity (Wildman–Crippen MR) is 68.8 cm³/mol. The van der Waals surface area contributed by atoms with Gasteiger partial charge < -0.3 is 0 Å². The molecule has 0 saturated heterocycles. The minimum Gasteiger partial charge on any atom is -0.262 e. The number of aromatic nitrogens is 2. The Morgan fingerprint density at radius 3 is 2.56 bits per heavy atom. The molecule has 6 heteroatoms. The third-order valence-corrected chi connectivity index (χ3v) is 3.94. The van der Waals surface area contributed by atoms with Crippen LogP contribution in [-0.4, -0.2) is 18.4 Å². The molecule has 94 valence electrons. The Hall–Kier alpha value is -1.95. The molecular formula is C12H13N3O2S. The lowest BCUT2D eigenvalue weighted by Crippen LogP contribution is -2.15. The number of hydrogen-bond acceptors (Lipinski definition) is 4. The molecule has 1 aromatic heterocycles. The molecule has 2 rings (SSSR count). The largest absolute Gasteiger partial charge is 0.263 e. The molecule has 1 N–H and O–H groups in total. The van der Waals surface area contributed by atoms with Crippen LogP contribution in [0.1, 0.15) is 11.1 Å². The van der Waals surface area contributed by atoms with E-state index in [1.54, 1.807) is 19.1 Å². The summed E-state index contributed by atoms with van der Waals surface area (Å²) in [5.41, 5.74) is 1.72. The van der Waals surface area contributed by atoms with E-state index in [2.05, 4.69) is 14.7 Å². The number of rotatable bonds is 3.